The number of aliphatic imine (C=N–C) groups is 1. The van der Waals surface area contributed by atoms with Crippen molar-refractivity contribution in [3.8, 4) is 5.75 Å². The van der Waals surface area contributed by atoms with E-state index in [1.807, 2.05) is 48.5 Å². The highest BCUT2D eigenvalue weighted by molar-refractivity contribution is 9.10. The van der Waals surface area contributed by atoms with Gasteiger partial charge in [0.2, 0.25) is 0 Å². The molecule has 1 aliphatic heterocycles. The van der Waals surface area contributed by atoms with Gasteiger partial charge in [0.1, 0.15) is 23.1 Å². The molecular formula is C23H16BrFN2O2. The van der Waals surface area contributed by atoms with Gasteiger partial charge in [-0.05, 0) is 72.3 Å². The zero-order valence-electron chi connectivity index (χ0n) is 15.5. The number of amides is 1. The number of anilines is 1. The Morgan fingerprint density at radius 3 is 2.24 bits per heavy atom. The van der Waals surface area contributed by atoms with Gasteiger partial charge in [0, 0.05) is 10.0 Å². The van der Waals surface area contributed by atoms with E-state index in [-0.39, 0.29) is 11.7 Å². The fourth-order valence-electron chi connectivity index (χ4n) is 3.00. The van der Waals surface area contributed by atoms with Gasteiger partial charge in [0.05, 0.1) is 12.8 Å². The van der Waals surface area contributed by atoms with Crippen LogP contribution >= 0.6 is 15.9 Å². The molecule has 0 aliphatic carbocycles. The molecule has 1 aliphatic rings. The molecule has 4 rings (SSSR count). The van der Waals surface area contributed by atoms with Crippen LogP contribution in [-0.2, 0) is 4.79 Å². The molecule has 0 bridgehead atoms. The maximum atomic E-state index is 13.4. The summed E-state index contributed by atoms with van der Waals surface area (Å²) in [6.45, 7) is 0. The lowest BCUT2D eigenvalue weighted by Gasteiger charge is -2.18. The summed E-state index contributed by atoms with van der Waals surface area (Å²) < 4.78 is 19.5. The van der Waals surface area contributed by atoms with Gasteiger partial charge in [0.25, 0.3) is 5.91 Å². The molecule has 0 N–H and O–H groups in total. The second kappa shape index (κ2) is 8.01. The lowest BCUT2D eigenvalue weighted by atomic mass is 10.1. The second-order valence-electron chi connectivity index (χ2n) is 6.36. The minimum Gasteiger partial charge on any atom is -0.497 e. The van der Waals surface area contributed by atoms with Crippen molar-refractivity contribution in [1.29, 1.82) is 0 Å². The monoisotopic (exact) mass is 450 g/mol. The molecule has 0 atom stereocenters. The Hall–Kier alpha value is -3.25. The fraction of sp³-hybridized carbons (Fsp3) is 0.0435. The first-order valence-corrected chi connectivity index (χ1v) is 9.65. The number of amidine groups is 1. The Morgan fingerprint density at radius 2 is 1.62 bits per heavy atom. The number of nitrogens with zero attached hydrogens (tertiary/aromatic N) is 2. The maximum Gasteiger partial charge on any atom is 0.282 e. The van der Waals surface area contributed by atoms with Gasteiger partial charge in [-0.2, -0.15) is 0 Å². The quantitative estimate of drug-likeness (QED) is 0.497. The van der Waals surface area contributed by atoms with Crippen LogP contribution in [0.2, 0.25) is 0 Å². The van der Waals surface area contributed by atoms with Gasteiger partial charge in [-0.1, -0.05) is 28.1 Å². The Labute approximate surface area is 176 Å². The smallest absolute Gasteiger partial charge is 0.282 e. The van der Waals surface area contributed by atoms with Gasteiger partial charge < -0.3 is 4.74 Å². The summed E-state index contributed by atoms with van der Waals surface area (Å²) in [5.74, 6) is 0.597. The van der Waals surface area contributed by atoms with Crippen LogP contribution in [0, 0.1) is 5.82 Å². The highest BCUT2D eigenvalue weighted by atomic mass is 79.9. The number of ether oxygens (including phenoxy) is 1. The SMILES string of the molecule is COc1ccc(/C=C2/N=C(c3ccc(F)cc3)N(c3ccc(Br)cc3)C2=O)cc1. The third-order valence-corrected chi connectivity index (χ3v) is 5.00. The van der Waals surface area contributed by atoms with Crippen molar-refractivity contribution in [1.82, 2.24) is 0 Å². The van der Waals surface area contributed by atoms with Crippen LogP contribution in [0.3, 0.4) is 0 Å². The van der Waals surface area contributed by atoms with Crippen molar-refractivity contribution in [3.63, 3.8) is 0 Å². The number of halogens is 2. The van der Waals surface area contributed by atoms with E-state index in [4.69, 9.17) is 4.74 Å². The summed E-state index contributed by atoms with van der Waals surface area (Å²) in [7, 11) is 1.60. The summed E-state index contributed by atoms with van der Waals surface area (Å²) >= 11 is 3.41. The molecule has 3 aromatic carbocycles. The van der Waals surface area contributed by atoms with E-state index in [9.17, 15) is 9.18 Å². The first-order valence-electron chi connectivity index (χ1n) is 8.85. The van der Waals surface area contributed by atoms with Gasteiger partial charge >= 0.3 is 0 Å². The van der Waals surface area contributed by atoms with Crippen LogP contribution in [0.1, 0.15) is 11.1 Å². The average Bonchev–Trinajstić information content (AvgIpc) is 3.06. The maximum absolute atomic E-state index is 13.4. The Kier molecular flexibility index (Phi) is 5.27. The van der Waals surface area contributed by atoms with Crippen molar-refractivity contribution in [3.05, 3.63) is 99.9 Å². The van der Waals surface area contributed by atoms with Gasteiger partial charge in [-0.15, -0.1) is 0 Å². The average molecular weight is 451 g/mol. The van der Waals surface area contributed by atoms with Gasteiger partial charge in [0.15, 0.2) is 0 Å². The summed E-state index contributed by atoms with van der Waals surface area (Å²) in [6.07, 6.45) is 1.73. The first kappa shape index (κ1) is 19.1. The van der Waals surface area contributed by atoms with Crippen molar-refractivity contribution < 1.29 is 13.9 Å². The molecule has 0 aromatic heterocycles. The van der Waals surface area contributed by atoms with Crippen LogP contribution in [0.5, 0.6) is 5.75 Å². The van der Waals surface area contributed by atoms with Gasteiger partial charge in [-0.25, -0.2) is 9.38 Å². The normalized spacial score (nSPS) is 15.0. The zero-order chi connectivity index (χ0) is 20.4. The van der Waals surface area contributed by atoms with E-state index in [1.165, 1.54) is 17.0 Å². The van der Waals surface area contributed by atoms with Crippen molar-refractivity contribution in [2.75, 3.05) is 12.0 Å². The molecule has 0 saturated carbocycles. The van der Waals surface area contributed by atoms with E-state index in [0.717, 1.165) is 15.8 Å². The molecule has 1 amide bonds. The lowest BCUT2D eigenvalue weighted by molar-refractivity contribution is -0.113. The summed E-state index contributed by atoms with van der Waals surface area (Å²) in [5, 5.41) is 0. The Morgan fingerprint density at radius 1 is 0.966 bits per heavy atom. The molecule has 4 nitrogen and oxygen atoms in total. The fourth-order valence-corrected chi connectivity index (χ4v) is 3.26. The van der Waals surface area contributed by atoms with Crippen LogP contribution in [0.15, 0.2) is 88.0 Å². The van der Waals surface area contributed by atoms with Crippen molar-refractivity contribution >= 4 is 39.4 Å². The van der Waals surface area contributed by atoms with Crippen molar-refractivity contribution in [2.24, 2.45) is 4.99 Å². The van der Waals surface area contributed by atoms with Gasteiger partial charge in [-0.3, -0.25) is 9.69 Å². The standard InChI is InChI=1S/C23H16BrFN2O2/c1-29-20-12-2-15(3-13-20)14-21-23(28)27(19-10-6-17(24)7-11-19)22(26-21)16-4-8-18(25)9-5-16/h2-14H,1H3/b21-14+. The number of carbonyl (C=O) groups is 1. The molecule has 0 unspecified atom stereocenters. The lowest BCUT2D eigenvalue weighted by Crippen LogP contribution is -2.32. The van der Waals surface area contributed by atoms with Crippen molar-refractivity contribution in [2.45, 2.75) is 0 Å². The van der Waals surface area contributed by atoms with E-state index >= 15 is 0 Å². The third-order valence-electron chi connectivity index (χ3n) is 4.47. The first-order chi connectivity index (χ1) is 14.0. The number of benzene rings is 3. The molecule has 3 aromatic rings. The zero-order valence-corrected chi connectivity index (χ0v) is 17.1. The van der Waals surface area contributed by atoms with Crippen LogP contribution in [0.4, 0.5) is 10.1 Å². The van der Waals surface area contributed by atoms with E-state index in [0.29, 0.717) is 22.8 Å². The largest absolute Gasteiger partial charge is 0.497 e. The van der Waals surface area contributed by atoms with E-state index in [2.05, 4.69) is 20.9 Å². The molecule has 0 spiro atoms. The molecule has 29 heavy (non-hydrogen) atoms. The van der Waals surface area contributed by atoms with E-state index in [1.54, 1.807) is 25.3 Å². The predicted molar refractivity (Wildman–Crippen MR) is 116 cm³/mol. The summed E-state index contributed by atoms with van der Waals surface area (Å²) in [5.41, 5.74) is 2.46. The summed E-state index contributed by atoms with van der Waals surface area (Å²) in [6, 6.07) is 20.7. The van der Waals surface area contributed by atoms with Crippen LogP contribution < -0.4 is 9.64 Å². The minimum atomic E-state index is -0.345. The molecular weight excluding hydrogens is 435 g/mol. The number of hydrogen-bond donors (Lipinski definition) is 0. The van der Waals surface area contributed by atoms with Crippen LogP contribution in [-0.4, -0.2) is 18.9 Å². The summed E-state index contributed by atoms with van der Waals surface area (Å²) in [4.78, 5) is 19.3. The molecule has 0 fully saturated rings. The number of carbonyl (C=O) groups excluding carboxylic acids is 1. The number of methoxy groups -OCH3 is 1. The highest BCUT2D eigenvalue weighted by Gasteiger charge is 2.32. The number of hydrogen-bond acceptors (Lipinski definition) is 3. The second-order valence-corrected chi connectivity index (χ2v) is 7.28. The van der Waals surface area contributed by atoms with E-state index < -0.39 is 0 Å². The Balaban J connectivity index is 1.78. The molecule has 0 saturated heterocycles. The predicted octanol–water partition coefficient (Wildman–Crippen LogP) is 5.43. The highest BCUT2D eigenvalue weighted by Crippen LogP contribution is 2.29. The Bertz CT molecular complexity index is 1110. The number of rotatable bonds is 4. The molecule has 144 valence electrons. The molecule has 0 radical (unpaired) electrons. The third kappa shape index (κ3) is 3.98. The molecule has 1 heterocycles. The van der Waals surface area contributed by atoms with Crippen LogP contribution in [0.25, 0.3) is 6.08 Å². The minimum absolute atomic E-state index is 0.248. The molecule has 6 heteroatoms. The topological polar surface area (TPSA) is 41.9 Å².